The van der Waals surface area contributed by atoms with Gasteiger partial charge in [0.2, 0.25) is 0 Å². The summed E-state index contributed by atoms with van der Waals surface area (Å²) in [5, 5.41) is 14.2. The fraction of sp³-hybridized carbons (Fsp3) is 0.778. The lowest BCUT2D eigenvalue weighted by atomic mass is 9.87. The molecule has 2 saturated heterocycles. The Morgan fingerprint density at radius 1 is 1.64 bits per heavy atom. The van der Waals surface area contributed by atoms with E-state index < -0.39 is 5.60 Å². The Kier molecular flexibility index (Phi) is 1.52. The van der Waals surface area contributed by atoms with E-state index in [-0.39, 0.29) is 5.92 Å². The van der Waals surface area contributed by atoms with Crippen molar-refractivity contribution in [2.45, 2.75) is 18.9 Å². The van der Waals surface area contributed by atoms with E-state index in [0.717, 1.165) is 19.5 Å². The van der Waals surface area contributed by atoms with Crippen molar-refractivity contribution in [1.82, 2.24) is 15.0 Å². The van der Waals surface area contributed by atoms with Crippen LogP contribution < -0.4 is 0 Å². The second-order valence-corrected chi connectivity index (χ2v) is 4.29. The van der Waals surface area contributed by atoms with Crippen LogP contribution in [0.4, 0.5) is 0 Å². The Bertz CT molecular complexity index is 365. The Hall–Kier alpha value is -0.940. The first-order valence-electron chi connectivity index (χ1n) is 4.94. The molecular formula is C9H13N3O2. The average Bonchev–Trinajstić information content (AvgIpc) is 2.78. The third-order valence-electron chi connectivity index (χ3n) is 3.31. The van der Waals surface area contributed by atoms with Crippen LogP contribution in [-0.2, 0) is 5.60 Å². The summed E-state index contributed by atoms with van der Waals surface area (Å²) in [5.74, 6) is 1.25. The summed E-state index contributed by atoms with van der Waals surface area (Å²) in [4.78, 5) is 6.37. The lowest BCUT2D eigenvalue weighted by molar-refractivity contribution is -0.0369. The molecule has 3 heterocycles. The summed E-state index contributed by atoms with van der Waals surface area (Å²) >= 11 is 0. The molecule has 2 aliphatic heterocycles. The molecule has 3 rings (SSSR count). The van der Waals surface area contributed by atoms with Gasteiger partial charge in [0, 0.05) is 19.0 Å². The molecule has 2 aliphatic rings. The first kappa shape index (κ1) is 8.38. The van der Waals surface area contributed by atoms with Gasteiger partial charge in [-0.2, -0.15) is 4.98 Å². The molecule has 3 unspecified atom stereocenters. The van der Waals surface area contributed by atoms with Crippen molar-refractivity contribution in [1.29, 1.82) is 0 Å². The number of piperidine rings is 1. The molecule has 0 radical (unpaired) electrons. The lowest BCUT2D eigenvalue weighted by Gasteiger charge is -2.28. The number of nitrogens with zero attached hydrogens (tertiary/aromatic N) is 3. The standard InChI is InChI=1S/C9H13N3O2/c1-6-10-8(14-11-6)9(13)5-12-3-2-7(9)4-12/h7,13H,2-5H2,1H3. The molecule has 0 saturated carbocycles. The van der Waals surface area contributed by atoms with Gasteiger partial charge in [-0.15, -0.1) is 0 Å². The van der Waals surface area contributed by atoms with E-state index in [1.165, 1.54) is 0 Å². The zero-order valence-corrected chi connectivity index (χ0v) is 8.10. The van der Waals surface area contributed by atoms with E-state index in [9.17, 15) is 5.11 Å². The van der Waals surface area contributed by atoms with Gasteiger partial charge in [0.15, 0.2) is 11.4 Å². The highest BCUT2D eigenvalue weighted by Crippen LogP contribution is 2.42. The van der Waals surface area contributed by atoms with Gasteiger partial charge < -0.3 is 9.63 Å². The van der Waals surface area contributed by atoms with Gasteiger partial charge >= 0.3 is 0 Å². The second kappa shape index (κ2) is 2.55. The number of rotatable bonds is 1. The van der Waals surface area contributed by atoms with Crippen LogP contribution in [0.2, 0.25) is 0 Å². The van der Waals surface area contributed by atoms with Crippen LogP contribution in [0.3, 0.4) is 0 Å². The molecule has 5 heteroatoms. The monoisotopic (exact) mass is 195 g/mol. The van der Waals surface area contributed by atoms with Crippen molar-refractivity contribution >= 4 is 0 Å². The molecule has 0 aliphatic carbocycles. The summed E-state index contributed by atoms with van der Waals surface area (Å²) < 4.78 is 5.07. The Morgan fingerprint density at radius 2 is 2.50 bits per heavy atom. The predicted octanol–water partition coefficient (Wildman–Crippen LogP) is -0.0989. The molecule has 14 heavy (non-hydrogen) atoms. The van der Waals surface area contributed by atoms with Gasteiger partial charge in [-0.3, -0.25) is 4.90 Å². The van der Waals surface area contributed by atoms with Crippen LogP contribution in [0.1, 0.15) is 18.1 Å². The topological polar surface area (TPSA) is 62.4 Å². The molecule has 0 amide bonds. The molecule has 1 N–H and O–H groups in total. The van der Waals surface area contributed by atoms with Crippen molar-refractivity contribution in [3.8, 4) is 0 Å². The summed E-state index contributed by atoms with van der Waals surface area (Å²) in [5.41, 5.74) is -0.889. The van der Waals surface area contributed by atoms with Crippen LogP contribution in [0.5, 0.6) is 0 Å². The number of aryl methyl sites for hydroxylation is 1. The van der Waals surface area contributed by atoms with E-state index in [2.05, 4.69) is 15.0 Å². The molecule has 2 bridgehead atoms. The average molecular weight is 195 g/mol. The van der Waals surface area contributed by atoms with Crippen molar-refractivity contribution in [2.24, 2.45) is 5.92 Å². The van der Waals surface area contributed by atoms with Gasteiger partial charge in [0.05, 0.1) is 0 Å². The summed E-state index contributed by atoms with van der Waals surface area (Å²) in [6.07, 6.45) is 1.03. The van der Waals surface area contributed by atoms with Crippen LogP contribution in [0.15, 0.2) is 4.52 Å². The van der Waals surface area contributed by atoms with Crippen molar-refractivity contribution in [2.75, 3.05) is 19.6 Å². The third kappa shape index (κ3) is 0.965. The van der Waals surface area contributed by atoms with Gasteiger partial charge in [0.1, 0.15) is 0 Å². The van der Waals surface area contributed by atoms with E-state index >= 15 is 0 Å². The van der Waals surface area contributed by atoms with E-state index in [1.807, 2.05) is 0 Å². The zero-order valence-electron chi connectivity index (χ0n) is 8.10. The van der Waals surface area contributed by atoms with Crippen molar-refractivity contribution in [3.63, 3.8) is 0 Å². The maximum absolute atomic E-state index is 10.4. The minimum absolute atomic E-state index is 0.266. The number of hydrogen-bond acceptors (Lipinski definition) is 5. The number of fused-ring (bicyclic) bond motifs is 2. The van der Waals surface area contributed by atoms with Crippen LogP contribution >= 0.6 is 0 Å². The second-order valence-electron chi connectivity index (χ2n) is 4.29. The number of aromatic nitrogens is 2. The van der Waals surface area contributed by atoms with Gasteiger partial charge in [0.25, 0.3) is 5.89 Å². The highest BCUT2D eigenvalue weighted by molar-refractivity contribution is 5.10. The summed E-state index contributed by atoms with van der Waals surface area (Å²) in [6, 6.07) is 0. The first-order chi connectivity index (χ1) is 6.68. The maximum atomic E-state index is 10.4. The first-order valence-corrected chi connectivity index (χ1v) is 4.94. The fourth-order valence-electron chi connectivity index (χ4n) is 2.55. The molecule has 76 valence electrons. The minimum atomic E-state index is -0.889. The van der Waals surface area contributed by atoms with Crippen LogP contribution in [0, 0.1) is 12.8 Å². The van der Waals surface area contributed by atoms with Gasteiger partial charge in [-0.05, 0) is 19.9 Å². The number of hydrogen-bond donors (Lipinski definition) is 1. The molecule has 1 aromatic rings. The van der Waals surface area contributed by atoms with E-state index in [4.69, 9.17) is 4.52 Å². The van der Waals surface area contributed by atoms with Crippen LogP contribution in [-0.4, -0.2) is 39.8 Å². The summed E-state index contributed by atoms with van der Waals surface area (Å²) in [7, 11) is 0. The van der Waals surface area contributed by atoms with Gasteiger partial charge in [-0.25, -0.2) is 0 Å². The normalized spacial score (nSPS) is 40.7. The van der Waals surface area contributed by atoms with Crippen molar-refractivity contribution < 1.29 is 9.63 Å². The maximum Gasteiger partial charge on any atom is 0.260 e. The third-order valence-corrected chi connectivity index (χ3v) is 3.31. The van der Waals surface area contributed by atoms with E-state index in [0.29, 0.717) is 18.3 Å². The largest absolute Gasteiger partial charge is 0.378 e. The highest BCUT2D eigenvalue weighted by Gasteiger charge is 2.53. The Balaban J connectivity index is 1.97. The van der Waals surface area contributed by atoms with Crippen LogP contribution in [0.25, 0.3) is 0 Å². The molecule has 5 nitrogen and oxygen atoms in total. The lowest BCUT2D eigenvalue weighted by Crippen LogP contribution is -2.39. The smallest absolute Gasteiger partial charge is 0.260 e. The quantitative estimate of drug-likeness (QED) is 0.678. The Morgan fingerprint density at radius 3 is 3.00 bits per heavy atom. The molecule has 0 aromatic carbocycles. The minimum Gasteiger partial charge on any atom is -0.378 e. The highest BCUT2D eigenvalue weighted by atomic mass is 16.5. The zero-order chi connectivity index (χ0) is 9.76. The summed E-state index contributed by atoms with van der Waals surface area (Å²) in [6.45, 7) is 4.45. The Labute approximate surface area is 81.7 Å². The number of aliphatic hydroxyl groups is 1. The molecule has 3 atom stereocenters. The SMILES string of the molecule is Cc1noc(C2(O)CN3CCC2C3)n1. The molecule has 0 spiro atoms. The molecular weight excluding hydrogens is 182 g/mol. The predicted molar refractivity (Wildman–Crippen MR) is 47.5 cm³/mol. The fourth-order valence-corrected chi connectivity index (χ4v) is 2.55. The van der Waals surface area contributed by atoms with E-state index in [1.54, 1.807) is 6.92 Å². The molecule has 1 aromatic heterocycles. The van der Waals surface area contributed by atoms with Gasteiger partial charge in [-0.1, -0.05) is 5.16 Å². The molecule has 2 fully saturated rings. The van der Waals surface area contributed by atoms with Crippen molar-refractivity contribution in [3.05, 3.63) is 11.7 Å².